The van der Waals surface area contributed by atoms with Crippen LogP contribution in [0.2, 0.25) is 0 Å². The van der Waals surface area contributed by atoms with Gasteiger partial charge in [0.05, 0.1) is 5.75 Å². The van der Waals surface area contributed by atoms with Crippen molar-refractivity contribution >= 4 is 34.1 Å². The Kier molecular flexibility index (Phi) is 4.57. The van der Waals surface area contributed by atoms with Crippen LogP contribution in [-0.2, 0) is 11.0 Å². The van der Waals surface area contributed by atoms with Gasteiger partial charge in [0, 0.05) is 12.3 Å². The monoisotopic (exact) mass is 337 g/mol. The lowest BCUT2D eigenvalue weighted by atomic mass is 10.7. The zero-order chi connectivity index (χ0) is 15.5. The molecule has 2 heterocycles. The molecule has 0 radical (unpaired) electrons. The lowest BCUT2D eigenvalue weighted by Crippen LogP contribution is -2.15. The predicted octanol–water partition coefficient (Wildman–Crippen LogP) is 1.37. The number of hydrogen-bond acceptors (Lipinski definition) is 7. The van der Waals surface area contributed by atoms with Gasteiger partial charge in [-0.05, 0) is 0 Å². The number of thioether (sulfide) groups is 1. The first kappa shape index (κ1) is 15.4. The average Bonchev–Trinajstić information content (AvgIpc) is 2.85. The first-order valence-corrected chi connectivity index (χ1v) is 7.03. The molecule has 0 saturated carbocycles. The fraction of sp³-hybridized carbons (Fsp3) is 0.222. The van der Waals surface area contributed by atoms with Crippen LogP contribution >= 0.6 is 23.1 Å². The summed E-state index contributed by atoms with van der Waals surface area (Å²) >= 11 is 1.16. The molecule has 0 aromatic carbocycles. The Balaban J connectivity index is 1.90. The van der Waals surface area contributed by atoms with Crippen molar-refractivity contribution in [2.45, 2.75) is 11.3 Å². The Morgan fingerprint density at radius 1 is 1.43 bits per heavy atom. The largest absolute Gasteiger partial charge is 0.445 e. The number of carbonyl (C=O) groups is 1. The smallest absolute Gasteiger partial charge is 0.301 e. The Morgan fingerprint density at radius 3 is 2.81 bits per heavy atom. The van der Waals surface area contributed by atoms with Crippen LogP contribution in [0, 0.1) is 0 Å². The summed E-state index contributed by atoms with van der Waals surface area (Å²) in [6, 6.07) is 1.21. The average molecular weight is 337 g/mol. The second-order valence-electron chi connectivity index (χ2n) is 3.49. The van der Waals surface area contributed by atoms with Gasteiger partial charge in [0.1, 0.15) is 0 Å². The Morgan fingerprint density at radius 2 is 2.19 bits per heavy atom. The van der Waals surface area contributed by atoms with Crippen molar-refractivity contribution in [1.29, 1.82) is 0 Å². The third-order valence-corrected chi connectivity index (χ3v) is 3.67. The molecule has 0 atom stereocenters. The van der Waals surface area contributed by atoms with Crippen molar-refractivity contribution < 1.29 is 18.0 Å². The van der Waals surface area contributed by atoms with Crippen LogP contribution in [0.3, 0.4) is 0 Å². The molecule has 0 aliphatic heterocycles. The van der Waals surface area contributed by atoms with Crippen molar-refractivity contribution in [3.05, 3.63) is 27.6 Å². The van der Waals surface area contributed by atoms with E-state index in [1.165, 1.54) is 12.3 Å². The normalized spacial score (nSPS) is 11.4. The Hall–Kier alpha value is -1.95. The van der Waals surface area contributed by atoms with Crippen molar-refractivity contribution in [2.75, 3.05) is 11.1 Å². The third-order valence-electron chi connectivity index (χ3n) is 1.90. The number of alkyl halides is 3. The van der Waals surface area contributed by atoms with E-state index in [2.05, 4.69) is 25.5 Å². The van der Waals surface area contributed by atoms with Crippen LogP contribution in [0.1, 0.15) is 5.01 Å². The van der Waals surface area contributed by atoms with Gasteiger partial charge in [-0.3, -0.25) is 14.9 Å². The lowest BCUT2D eigenvalue weighted by molar-refractivity contribution is -0.138. The van der Waals surface area contributed by atoms with Crippen LogP contribution < -0.4 is 10.9 Å². The topological polar surface area (TPSA) is 101 Å². The molecule has 2 aromatic rings. The molecule has 0 fully saturated rings. The zero-order valence-electron chi connectivity index (χ0n) is 9.97. The molecule has 7 nitrogen and oxygen atoms in total. The molecule has 2 rings (SSSR count). The van der Waals surface area contributed by atoms with Gasteiger partial charge in [0.25, 0.3) is 5.56 Å². The molecular weight excluding hydrogens is 331 g/mol. The Labute approximate surface area is 123 Å². The van der Waals surface area contributed by atoms with Crippen molar-refractivity contribution in [1.82, 2.24) is 20.2 Å². The number of aromatic nitrogens is 4. The highest BCUT2D eigenvalue weighted by molar-refractivity contribution is 7.99. The summed E-state index contributed by atoms with van der Waals surface area (Å²) in [5.41, 5.74) is -0.369. The molecule has 0 aliphatic rings. The van der Waals surface area contributed by atoms with Crippen LogP contribution in [0.4, 0.5) is 18.3 Å². The maximum absolute atomic E-state index is 12.3. The minimum atomic E-state index is -4.59. The van der Waals surface area contributed by atoms with E-state index in [1.807, 2.05) is 0 Å². The highest BCUT2D eigenvalue weighted by Gasteiger charge is 2.35. The van der Waals surface area contributed by atoms with Gasteiger partial charge in [0.2, 0.25) is 16.0 Å². The molecule has 21 heavy (non-hydrogen) atoms. The lowest BCUT2D eigenvalue weighted by Gasteiger charge is -2.00. The van der Waals surface area contributed by atoms with Crippen LogP contribution in [0.15, 0.2) is 22.2 Å². The highest BCUT2D eigenvalue weighted by atomic mass is 32.2. The second kappa shape index (κ2) is 6.22. The molecule has 0 aliphatic carbocycles. The SMILES string of the molecule is O=C(CSc1nccc(=O)[nH]1)Nc1nnc(C(F)(F)F)s1. The number of H-pyrrole nitrogens is 1. The van der Waals surface area contributed by atoms with E-state index in [0.29, 0.717) is 0 Å². The number of rotatable bonds is 4. The van der Waals surface area contributed by atoms with Gasteiger partial charge >= 0.3 is 6.18 Å². The molecule has 0 unspecified atom stereocenters. The van der Waals surface area contributed by atoms with Gasteiger partial charge in [-0.2, -0.15) is 13.2 Å². The van der Waals surface area contributed by atoms with E-state index in [0.717, 1.165) is 11.8 Å². The Bertz CT molecular complexity index is 699. The molecule has 0 saturated heterocycles. The van der Waals surface area contributed by atoms with Crippen LogP contribution in [0.5, 0.6) is 0 Å². The highest BCUT2D eigenvalue weighted by Crippen LogP contribution is 2.32. The van der Waals surface area contributed by atoms with E-state index in [-0.39, 0.29) is 32.9 Å². The van der Waals surface area contributed by atoms with Crippen molar-refractivity contribution in [3.63, 3.8) is 0 Å². The first-order valence-electron chi connectivity index (χ1n) is 5.23. The van der Waals surface area contributed by atoms with Gasteiger partial charge < -0.3 is 4.98 Å². The molecule has 0 bridgehead atoms. The maximum atomic E-state index is 12.3. The molecule has 112 valence electrons. The van der Waals surface area contributed by atoms with Gasteiger partial charge in [-0.25, -0.2) is 4.98 Å². The number of halogens is 3. The number of nitrogens with one attached hydrogen (secondary N) is 2. The summed E-state index contributed by atoms with van der Waals surface area (Å²) < 4.78 is 36.9. The molecule has 2 N–H and O–H groups in total. The van der Waals surface area contributed by atoms with Crippen LogP contribution in [0.25, 0.3) is 0 Å². The van der Waals surface area contributed by atoms with E-state index in [9.17, 15) is 22.8 Å². The van der Waals surface area contributed by atoms with Crippen LogP contribution in [-0.4, -0.2) is 31.8 Å². The summed E-state index contributed by atoms with van der Waals surface area (Å²) in [5, 5.41) is 7.18. The van der Waals surface area contributed by atoms with E-state index in [4.69, 9.17) is 0 Å². The van der Waals surface area contributed by atoms with E-state index >= 15 is 0 Å². The fourth-order valence-electron chi connectivity index (χ4n) is 1.10. The molecule has 12 heteroatoms. The maximum Gasteiger partial charge on any atom is 0.445 e. The summed E-state index contributed by atoms with van der Waals surface area (Å²) in [7, 11) is 0. The number of aromatic amines is 1. The van der Waals surface area contributed by atoms with E-state index in [1.54, 1.807) is 0 Å². The minimum absolute atomic E-state index is 0.145. The fourth-order valence-corrected chi connectivity index (χ4v) is 2.38. The number of carbonyl (C=O) groups excluding carboxylic acids is 1. The van der Waals surface area contributed by atoms with Gasteiger partial charge in [0.15, 0.2) is 5.16 Å². The quantitative estimate of drug-likeness (QED) is 0.645. The second-order valence-corrected chi connectivity index (χ2v) is 5.43. The summed E-state index contributed by atoms with van der Waals surface area (Å²) in [5.74, 6) is -0.732. The minimum Gasteiger partial charge on any atom is -0.301 e. The van der Waals surface area contributed by atoms with Gasteiger partial charge in [-0.1, -0.05) is 23.1 Å². The van der Waals surface area contributed by atoms with E-state index < -0.39 is 17.1 Å². The number of hydrogen-bond donors (Lipinski definition) is 2. The van der Waals surface area contributed by atoms with Crippen molar-refractivity contribution in [3.8, 4) is 0 Å². The number of anilines is 1. The molecular formula is C9H6F3N5O2S2. The van der Waals surface area contributed by atoms with Gasteiger partial charge in [-0.15, -0.1) is 10.2 Å². The molecule has 2 aromatic heterocycles. The molecule has 1 amide bonds. The standard InChI is InChI=1S/C9H6F3N5O2S2/c10-9(11,12)6-16-17-8(21-6)15-5(19)3-20-7-13-2-1-4(18)14-7/h1-2H,3H2,(H,13,14,18)(H,15,17,19). The van der Waals surface area contributed by atoms with Crippen molar-refractivity contribution in [2.24, 2.45) is 0 Å². The molecule has 0 spiro atoms. The summed E-state index contributed by atoms with van der Waals surface area (Å²) in [4.78, 5) is 28.7. The summed E-state index contributed by atoms with van der Waals surface area (Å²) in [6.45, 7) is 0. The number of nitrogens with zero attached hydrogens (tertiary/aromatic N) is 3. The first-order chi connectivity index (χ1) is 9.84. The third kappa shape index (κ3) is 4.53. The summed E-state index contributed by atoms with van der Waals surface area (Å²) in [6.07, 6.45) is -3.32. The number of amides is 1. The zero-order valence-corrected chi connectivity index (χ0v) is 11.6. The predicted molar refractivity (Wildman–Crippen MR) is 69.1 cm³/mol.